The first kappa shape index (κ1) is 34.7. The van der Waals surface area contributed by atoms with Gasteiger partial charge in [0.2, 0.25) is 17.7 Å². The lowest BCUT2D eigenvalue weighted by atomic mass is 9.79. The molecule has 264 valence electrons. The van der Waals surface area contributed by atoms with Crippen molar-refractivity contribution < 1.29 is 33.4 Å². The van der Waals surface area contributed by atoms with Crippen LogP contribution in [-0.2, 0) is 35.2 Å². The van der Waals surface area contributed by atoms with Crippen molar-refractivity contribution in [3.63, 3.8) is 0 Å². The predicted molar refractivity (Wildman–Crippen MR) is 179 cm³/mol. The first-order chi connectivity index (χ1) is 23.0. The van der Waals surface area contributed by atoms with Crippen LogP contribution in [0.1, 0.15) is 84.1 Å². The summed E-state index contributed by atoms with van der Waals surface area (Å²) < 4.78 is 17.9. The molecule has 1 unspecified atom stereocenters. The normalized spacial score (nSPS) is 27.4. The maximum absolute atomic E-state index is 14.2. The molecule has 5 aliphatic rings. The van der Waals surface area contributed by atoms with Gasteiger partial charge in [-0.15, -0.1) is 0 Å². The van der Waals surface area contributed by atoms with Crippen LogP contribution in [0.25, 0.3) is 0 Å². The van der Waals surface area contributed by atoms with Crippen molar-refractivity contribution in [2.45, 2.75) is 109 Å². The van der Waals surface area contributed by atoms with Crippen molar-refractivity contribution in [1.29, 1.82) is 0 Å². The maximum atomic E-state index is 14.2. The Labute approximate surface area is 284 Å². The Morgan fingerprint density at radius 1 is 0.958 bits per heavy atom. The van der Waals surface area contributed by atoms with Gasteiger partial charge in [0, 0.05) is 38.3 Å². The van der Waals surface area contributed by atoms with Crippen LogP contribution in [0.5, 0.6) is 0 Å². The molecule has 3 heterocycles. The molecule has 3 aliphatic heterocycles. The van der Waals surface area contributed by atoms with Gasteiger partial charge in [-0.3, -0.25) is 14.4 Å². The van der Waals surface area contributed by atoms with Gasteiger partial charge in [0.15, 0.2) is 0 Å². The number of carbonyl (C=O) groups is 4. The number of carbonyl (C=O) groups excluding carboxylic acids is 4. The van der Waals surface area contributed by atoms with Crippen LogP contribution < -0.4 is 10.6 Å². The molecular formula is C37H54N4O7. The molecule has 11 nitrogen and oxygen atoms in total. The number of nitrogens with one attached hydrogen (secondary N) is 2. The molecular weight excluding hydrogens is 612 g/mol. The monoisotopic (exact) mass is 666 g/mol. The van der Waals surface area contributed by atoms with Gasteiger partial charge in [-0.1, -0.05) is 63.4 Å². The minimum Gasteiger partial charge on any atom is -0.445 e. The van der Waals surface area contributed by atoms with Crippen molar-refractivity contribution in [2.75, 3.05) is 39.4 Å². The quantitative estimate of drug-likeness (QED) is 0.365. The van der Waals surface area contributed by atoms with Gasteiger partial charge in [0.25, 0.3) is 0 Å². The zero-order chi connectivity index (χ0) is 33.9. The van der Waals surface area contributed by atoms with Gasteiger partial charge in [0.05, 0.1) is 25.1 Å². The van der Waals surface area contributed by atoms with Gasteiger partial charge < -0.3 is 34.6 Å². The molecule has 2 saturated carbocycles. The minimum absolute atomic E-state index is 0.0416. The van der Waals surface area contributed by atoms with E-state index >= 15 is 0 Å². The largest absolute Gasteiger partial charge is 0.445 e. The Hall–Kier alpha value is -3.18. The van der Waals surface area contributed by atoms with E-state index in [2.05, 4.69) is 24.5 Å². The summed E-state index contributed by atoms with van der Waals surface area (Å²) >= 11 is 0. The third-order valence-corrected chi connectivity index (χ3v) is 11.4. The lowest BCUT2D eigenvalue weighted by molar-refractivity contribution is -0.171. The third kappa shape index (κ3) is 7.99. The van der Waals surface area contributed by atoms with Crippen LogP contribution in [0, 0.1) is 23.2 Å². The first-order valence-electron chi connectivity index (χ1n) is 18.2. The van der Waals surface area contributed by atoms with E-state index in [9.17, 15) is 19.2 Å². The number of hydrogen-bond donors (Lipinski definition) is 2. The molecule has 1 aromatic rings. The number of alkyl carbamates (subject to hydrolysis) is 1. The highest BCUT2D eigenvalue weighted by Gasteiger charge is 2.61. The zero-order valence-corrected chi connectivity index (χ0v) is 28.9. The van der Waals surface area contributed by atoms with E-state index in [-0.39, 0.29) is 41.7 Å². The van der Waals surface area contributed by atoms with E-state index in [1.54, 1.807) is 4.90 Å². The summed E-state index contributed by atoms with van der Waals surface area (Å²) in [4.78, 5) is 57.4. The van der Waals surface area contributed by atoms with Crippen molar-refractivity contribution in [3.05, 3.63) is 35.9 Å². The van der Waals surface area contributed by atoms with Crippen molar-refractivity contribution in [3.8, 4) is 0 Å². The molecule has 11 heteroatoms. The summed E-state index contributed by atoms with van der Waals surface area (Å²) in [6.45, 7) is 8.93. The van der Waals surface area contributed by atoms with Crippen molar-refractivity contribution >= 4 is 23.8 Å². The highest BCUT2D eigenvalue weighted by molar-refractivity contribution is 5.90. The second kappa shape index (κ2) is 14.7. The highest BCUT2D eigenvalue weighted by Crippen LogP contribution is 2.54. The summed E-state index contributed by atoms with van der Waals surface area (Å²) in [7, 11) is 0. The van der Waals surface area contributed by atoms with E-state index in [1.165, 1.54) is 19.3 Å². The van der Waals surface area contributed by atoms with Gasteiger partial charge >= 0.3 is 6.09 Å². The lowest BCUT2D eigenvalue weighted by Gasteiger charge is -2.50. The molecule has 0 aromatic heterocycles. The van der Waals surface area contributed by atoms with Gasteiger partial charge in [-0.2, -0.15) is 0 Å². The van der Waals surface area contributed by atoms with E-state index in [0.717, 1.165) is 31.2 Å². The molecule has 3 saturated heterocycles. The SMILES string of the molecule is C[C@@H](OCC1CCCCC1)[C@H](NC(=O)C1CCOC12CN(C(=O)[C@H]1CC1(C)C)C2)C(=O)N1CCC[C@@H](NC(=O)OCc2ccccc2)C1. The first-order valence-corrected chi connectivity index (χ1v) is 18.2. The molecule has 1 spiro atoms. The Bertz CT molecular complexity index is 1310. The summed E-state index contributed by atoms with van der Waals surface area (Å²) in [6, 6.07) is 8.36. The summed E-state index contributed by atoms with van der Waals surface area (Å²) in [5.74, 6) is -0.243. The van der Waals surface area contributed by atoms with Crippen LogP contribution >= 0.6 is 0 Å². The number of likely N-dealkylation sites (tertiary alicyclic amines) is 2. The van der Waals surface area contributed by atoms with E-state index in [1.807, 2.05) is 42.2 Å². The van der Waals surface area contributed by atoms with Crippen LogP contribution in [0.2, 0.25) is 0 Å². The molecule has 5 atom stereocenters. The molecule has 6 rings (SSSR count). The average molecular weight is 667 g/mol. The molecule has 4 amide bonds. The Kier molecular flexibility index (Phi) is 10.7. The van der Waals surface area contributed by atoms with Crippen LogP contribution in [0.4, 0.5) is 4.79 Å². The third-order valence-electron chi connectivity index (χ3n) is 11.4. The van der Waals surface area contributed by atoms with Gasteiger partial charge in [-0.25, -0.2) is 4.79 Å². The zero-order valence-electron chi connectivity index (χ0n) is 28.9. The molecule has 0 bridgehead atoms. The molecule has 2 aliphatic carbocycles. The molecule has 48 heavy (non-hydrogen) atoms. The van der Waals surface area contributed by atoms with Crippen molar-refractivity contribution in [2.24, 2.45) is 23.2 Å². The fourth-order valence-electron chi connectivity index (χ4n) is 8.09. The summed E-state index contributed by atoms with van der Waals surface area (Å²) in [5.41, 5.74) is 0.232. The number of rotatable bonds is 11. The molecule has 1 aromatic carbocycles. The number of hydrogen-bond acceptors (Lipinski definition) is 7. The number of ether oxygens (including phenoxy) is 3. The van der Waals surface area contributed by atoms with Gasteiger partial charge in [-0.05, 0) is 62.3 Å². The highest BCUT2D eigenvalue weighted by atomic mass is 16.5. The van der Waals surface area contributed by atoms with E-state index < -0.39 is 29.8 Å². The Morgan fingerprint density at radius 3 is 2.40 bits per heavy atom. The average Bonchev–Trinajstić information content (AvgIpc) is 3.49. The molecule has 0 radical (unpaired) electrons. The second-order valence-corrected chi connectivity index (χ2v) is 15.6. The van der Waals surface area contributed by atoms with Crippen LogP contribution in [0.3, 0.4) is 0 Å². The molecule has 5 fully saturated rings. The second-order valence-electron chi connectivity index (χ2n) is 15.6. The van der Waals surface area contributed by atoms with Crippen molar-refractivity contribution in [1.82, 2.24) is 20.4 Å². The Balaban J connectivity index is 1.08. The summed E-state index contributed by atoms with van der Waals surface area (Å²) in [5, 5.41) is 6.03. The molecule has 2 N–H and O–H groups in total. The lowest BCUT2D eigenvalue weighted by Crippen LogP contribution is -2.69. The number of amides is 4. The fraction of sp³-hybridized carbons (Fsp3) is 0.730. The smallest absolute Gasteiger partial charge is 0.407 e. The van der Waals surface area contributed by atoms with Crippen LogP contribution in [0.15, 0.2) is 30.3 Å². The summed E-state index contributed by atoms with van der Waals surface area (Å²) in [6.07, 6.45) is 7.70. The number of piperidine rings is 1. The number of benzene rings is 1. The van der Waals surface area contributed by atoms with E-state index in [4.69, 9.17) is 14.2 Å². The van der Waals surface area contributed by atoms with E-state index in [0.29, 0.717) is 58.2 Å². The van der Waals surface area contributed by atoms with Gasteiger partial charge in [0.1, 0.15) is 18.2 Å². The maximum Gasteiger partial charge on any atom is 0.407 e. The van der Waals surface area contributed by atoms with Crippen LogP contribution in [-0.4, -0.2) is 96.8 Å². The topological polar surface area (TPSA) is 127 Å². The number of nitrogens with zero attached hydrogens (tertiary/aromatic N) is 2. The fourth-order valence-corrected chi connectivity index (χ4v) is 8.09. The Morgan fingerprint density at radius 2 is 1.69 bits per heavy atom. The standard InChI is InChI=1S/C37H54N4O7/c1-25(46-21-26-11-6-4-7-12-26)31(34(44)40-17-10-15-28(20-40)38-35(45)47-22-27-13-8-5-9-14-27)39-32(42)29-16-18-48-37(29)23-41(24-37)33(43)30-19-36(30,2)3/h5,8-9,13-14,25-26,28-31H,4,6-7,10-12,15-24H2,1-3H3,(H,38,45)(H,39,42)/t25-,28-,29?,30-,31+/m1/s1. The predicted octanol–water partition coefficient (Wildman–Crippen LogP) is 4.04. The minimum atomic E-state index is -0.882.